The number of methoxy groups -OCH3 is 1. The molecule has 2 amide bonds. The summed E-state index contributed by atoms with van der Waals surface area (Å²) < 4.78 is 32.1. The standard InChI is InChI=1S/C23H30BrN3O5S/c1-17(23(29)25-2)26(16-18-8-5-9-19(24)14-18)22(28)12-7-13-27(33(4,30)31)20-10-6-11-21(15-20)32-3/h5-6,8-11,14-15,17H,7,12-13,16H2,1-4H3,(H,25,29). The Morgan fingerprint density at radius 1 is 1.15 bits per heavy atom. The minimum atomic E-state index is -3.56. The molecule has 0 aliphatic rings. The summed E-state index contributed by atoms with van der Waals surface area (Å²) in [5.74, 6) is 0.0366. The maximum Gasteiger partial charge on any atom is 0.242 e. The molecule has 10 heteroatoms. The second kappa shape index (κ2) is 12.0. The van der Waals surface area contributed by atoms with Crippen molar-refractivity contribution in [2.45, 2.75) is 32.4 Å². The van der Waals surface area contributed by atoms with Crippen molar-refractivity contribution in [1.29, 1.82) is 0 Å². The Kier molecular flexibility index (Phi) is 9.72. The van der Waals surface area contributed by atoms with Crippen LogP contribution in [0.1, 0.15) is 25.3 Å². The first-order valence-corrected chi connectivity index (χ1v) is 13.1. The molecule has 33 heavy (non-hydrogen) atoms. The average Bonchev–Trinajstić information content (AvgIpc) is 2.78. The van der Waals surface area contributed by atoms with Crippen molar-refractivity contribution in [2.75, 3.05) is 31.3 Å². The molecule has 0 aliphatic heterocycles. The van der Waals surface area contributed by atoms with Crippen LogP contribution in [0.4, 0.5) is 5.69 Å². The molecule has 2 aromatic rings. The van der Waals surface area contributed by atoms with Gasteiger partial charge in [0.05, 0.1) is 19.1 Å². The van der Waals surface area contributed by atoms with Crippen LogP contribution in [0.25, 0.3) is 0 Å². The van der Waals surface area contributed by atoms with Crippen molar-refractivity contribution >= 4 is 43.5 Å². The van der Waals surface area contributed by atoms with Gasteiger partial charge in [0.15, 0.2) is 0 Å². The van der Waals surface area contributed by atoms with Crippen LogP contribution in [0.5, 0.6) is 5.75 Å². The number of nitrogens with one attached hydrogen (secondary N) is 1. The lowest BCUT2D eigenvalue weighted by Gasteiger charge is -2.29. The molecular weight excluding hydrogens is 510 g/mol. The van der Waals surface area contributed by atoms with Crippen molar-refractivity contribution < 1.29 is 22.7 Å². The number of carbonyl (C=O) groups excluding carboxylic acids is 2. The van der Waals surface area contributed by atoms with Crippen LogP contribution in [0.15, 0.2) is 53.0 Å². The number of likely N-dealkylation sites (N-methyl/N-ethyl adjacent to an activating group) is 1. The Hall–Kier alpha value is -2.59. The number of hydrogen-bond donors (Lipinski definition) is 1. The molecule has 0 aromatic heterocycles. The molecule has 0 heterocycles. The summed E-state index contributed by atoms with van der Waals surface area (Å²) >= 11 is 3.42. The number of amides is 2. The lowest BCUT2D eigenvalue weighted by atomic mass is 10.1. The van der Waals surface area contributed by atoms with E-state index in [2.05, 4.69) is 21.2 Å². The van der Waals surface area contributed by atoms with Gasteiger partial charge in [-0.3, -0.25) is 13.9 Å². The molecule has 0 spiro atoms. The SMILES string of the molecule is CNC(=O)C(C)N(Cc1cccc(Br)c1)C(=O)CCCN(c1cccc(OC)c1)S(C)(=O)=O. The number of carbonyl (C=O) groups is 2. The predicted octanol–water partition coefficient (Wildman–Crippen LogP) is 3.17. The molecule has 0 saturated heterocycles. The topological polar surface area (TPSA) is 96.0 Å². The largest absolute Gasteiger partial charge is 0.497 e. The molecule has 8 nitrogen and oxygen atoms in total. The summed E-state index contributed by atoms with van der Waals surface area (Å²) in [6, 6.07) is 13.6. The number of anilines is 1. The van der Waals surface area contributed by atoms with Crippen molar-refractivity contribution in [3.05, 3.63) is 58.6 Å². The fraction of sp³-hybridized carbons (Fsp3) is 0.391. The number of sulfonamides is 1. The number of rotatable bonds is 11. The summed E-state index contributed by atoms with van der Waals surface area (Å²) in [5.41, 5.74) is 1.34. The Morgan fingerprint density at radius 3 is 2.45 bits per heavy atom. The van der Waals surface area contributed by atoms with E-state index in [0.717, 1.165) is 16.3 Å². The van der Waals surface area contributed by atoms with Crippen LogP contribution >= 0.6 is 15.9 Å². The van der Waals surface area contributed by atoms with E-state index in [1.807, 2.05) is 24.3 Å². The van der Waals surface area contributed by atoms with E-state index in [1.54, 1.807) is 31.2 Å². The number of benzene rings is 2. The molecule has 0 aliphatic carbocycles. The first-order chi connectivity index (χ1) is 15.6. The van der Waals surface area contributed by atoms with Crippen LogP contribution in [-0.2, 0) is 26.2 Å². The second-order valence-electron chi connectivity index (χ2n) is 7.58. The summed E-state index contributed by atoms with van der Waals surface area (Å²) in [4.78, 5) is 26.9. The van der Waals surface area contributed by atoms with E-state index >= 15 is 0 Å². The van der Waals surface area contributed by atoms with Crippen LogP contribution in [-0.4, -0.2) is 58.1 Å². The third kappa shape index (κ3) is 7.75. The van der Waals surface area contributed by atoms with E-state index in [1.165, 1.54) is 23.4 Å². The van der Waals surface area contributed by atoms with Gasteiger partial charge in [0.25, 0.3) is 0 Å². The van der Waals surface area contributed by atoms with Crippen molar-refractivity contribution in [1.82, 2.24) is 10.2 Å². The van der Waals surface area contributed by atoms with Gasteiger partial charge in [-0.15, -0.1) is 0 Å². The first-order valence-electron chi connectivity index (χ1n) is 10.4. The molecule has 1 atom stereocenters. The van der Waals surface area contributed by atoms with Crippen molar-refractivity contribution in [3.63, 3.8) is 0 Å². The van der Waals surface area contributed by atoms with Gasteiger partial charge >= 0.3 is 0 Å². The Bertz CT molecular complexity index is 1080. The zero-order valence-electron chi connectivity index (χ0n) is 19.2. The van der Waals surface area contributed by atoms with Crippen molar-refractivity contribution in [3.8, 4) is 5.75 Å². The monoisotopic (exact) mass is 539 g/mol. The van der Waals surface area contributed by atoms with Crippen molar-refractivity contribution in [2.24, 2.45) is 0 Å². The molecule has 0 radical (unpaired) electrons. The van der Waals surface area contributed by atoms with Gasteiger partial charge in [0.2, 0.25) is 21.8 Å². The molecule has 0 fully saturated rings. The molecule has 0 bridgehead atoms. The van der Waals surface area contributed by atoms with Gasteiger partial charge in [-0.2, -0.15) is 0 Å². The lowest BCUT2D eigenvalue weighted by Crippen LogP contribution is -2.46. The highest BCUT2D eigenvalue weighted by atomic mass is 79.9. The lowest BCUT2D eigenvalue weighted by molar-refractivity contribution is -0.140. The third-order valence-corrected chi connectivity index (χ3v) is 6.84. The van der Waals surface area contributed by atoms with E-state index in [-0.39, 0.29) is 31.3 Å². The van der Waals surface area contributed by atoms with Gasteiger partial charge < -0.3 is 15.0 Å². The fourth-order valence-electron chi connectivity index (χ4n) is 3.39. The van der Waals surface area contributed by atoms with E-state index in [9.17, 15) is 18.0 Å². The third-order valence-electron chi connectivity index (χ3n) is 5.15. The molecular formula is C23H30BrN3O5S. The highest BCUT2D eigenvalue weighted by molar-refractivity contribution is 9.10. The zero-order chi connectivity index (χ0) is 24.6. The highest BCUT2D eigenvalue weighted by Gasteiger charge is 2.26. The number of nitrogens with zero attached hydrogens (tertiary/aromatic N) is 2. The molecule has 1 unspecified atom stereocenters. The molecule has 1 N–H and O–H groups in total. The summed E-state index contributed by atoms with van der Waals surface area (Å²) in [6.45, 7) is 2.06. The Morgan fingerprint density at radius 2 is 1.85 bits per heavy atom. The Balaban J connectivity index is 2.15. The summed E-state index contributed by atoms with van der Waals surface area (Å²) in [5, 5.41) is 2.58. The van der Waals surface area contributed by atoms with Crippen LogP contribution in [0.3, 0.4) is 0 Å². The fourth-order valence-corrected chi connectivity index (χ4v) is 4.80. The zero-order valence-corrected chi connectivity index (χ0v) is 21.6. The van der Waals surface area contributed by atoms with E-state index < -0.39 is 16.1 Å². The number of halogens is 1. The first kappa shape index (κ1) is 26.7. The predicted molar refractivity (Wildman–Crippen MR) is 133 cm³/mol. The maximum atomic E-state index is 13.1. The minimum Gasteiger partial charge on any atom is -0.497 e. The molecule has 0 saturated carbocycles. The van der Waals surface area contributed by atoms with Gasteiger partial charge in [-0.25, -0.2) is 8.42 Å². The number of ether oxygens (including phenoxy) is 1. The highest BCUT2D eigenvalue weighted by Crippen LogP contribution is 2.24. The average molecular weight is 540 g/mol. The van der Waals surface area contributed by atoms with Gasteiger partial charge in [-0.05, 0) is 43.2 Å². The normalized spacial score (nSPS) is 12.0. The molecule has 180 valence electrons. The molecule has 2 rings (SSSR count). The summed E-state index contributed by atoms with van der Waals surface area (Å²) in [6.07, 6.45) is 1.51. The van der Waals surface area contributed by atoms with Crippen LogP contribution in [0, 0.1) is 0 Å². The van der Waals surface area contributed by atoms with E-state index in [0.29, 0.717) is 17.9 Å². The van der Waals surface area contributed by atoms with Crippen LogP contribution in [0.2, 0.25) is 0 Å². The summed E-state index contributed by atoms with van der Waals surface area (Å²) in [7, 11) is -0.528. The number of hydrogen-bond acceptors (Lipinski definition) is 5. The van der Waals surface area contributed by atoms with Gasteiger partial charge in [0, 0.05) is 37.1 Å². The smallest absolute Gasteiger partial charge is 0.242 e. The van der Waals surface area contributed by atoms with E-state index in [4.69, 9.17) is 4.74 Å². The van der Waals surface area contributed by atoms with Gasteiger partial charge in [-0.1, -0.05) is 34.1 Å². The Labute approximate surface area is 204 Å². The molecule has 2 aromatic carbocycles. The van der Waals surface area contributed by atoms with Crippen LogP contribution < -0.4 is 14.4 Å². The minimum absolute atomic E-state index is 0.0886. The second-order valence-corrected chi connectivity index (χ2v) is 10.4. The quantitative estimate of drug-likeness (QED) is 0.473. The van der Waals surface area contributed by atoms with Gasteiger partial charge in [0.1, 0.15) is 11.8 Å². The maximum absolute atomic E-state index is 13.1.